The van der Waals surface area contributed by atoms with Crippen molar-refractivity contribution in [1.82, 2.24) is 14.9 Å². The summed E-state index contributed by atoms with van der Waals surface area (Å²) in [6.45, 7) is 3.71. The minimum Gasteiger partial charge on any atom is -0.342 e. The van der Waals surface area contributed by atoms with Gasteiger partial charge in [-0.1, -0.05) is 23.4 Å². The highest BCUT2D eigenvalue weighted by molar-refractivity contribution is 8.00. The van der Waals surface area contributed by atoms with E-state index in [0.29, 0.717) is 5.02 Å². The number of aromatic nitrogens is 2. The summed E-state index contributed by atoms with van der Waals surface area (Å²) in [5, 5.41) is 1.32. The molecule has 1 amide bonds. The van der Waals surface area contributed by atoms with Gasteiger partial charge >= 0.3 is 0 Å². The van der Waals surface area contributed by atoms with Gasteiger partial charge in [0.05, 0.1) is 16.3 Å². The molecule has 0 saturated carbocycles. The van der Waals surface area contributed by atoms with Crippen molar-refractivity contribution in [2.75, 3.05) is 13.1 Å². The van der Waals surface area contributed by atoms with Gasteiger partial charge < -0.3 is 9.88 Å². The maximum absolute atomic E-state index is 12.3. The van der Waals surface area contributed by atoms with E-state index in [4.69, 9.17) is 11.6 Å². The number of thioether (sulfide) groups is 1. The van der Waals surface area contributed by atoms with Crippen LogP contribution >= 0.6 is 23.4 Å². The fourth-order valence-corrected chi connectivity index (χ4v) is 3.50. The number of benzene rings is 1. The molecule has 106 valence electrons. The van der Waals surface area contributed by atoms with E-state index in [1.165, 1.54) is 11.8 Å². The fourth-order valence-electron chi connectivity index (χ4n) is 2.43. The highest BCUT2D eigenvalue weighted by Crippen LogP contribution is 2.26. The minimum atomic E-state index is -0.121. The van der Waals surface area contributed by atoms with Gasteiger partial charge in [0, 0.05) is 18.1 Å². The predicted molar refractivity (Wildman–Crippen MR) is 82.2 cm³/mol. The first-order valence-electron chi connectivity index (χ1n) is 6.74. The molecule has 2 heterocycles. The molecule has 0 aliphatic carbocycles. The summed E-state index contributed by atoms with van der Waals surface area (Å²) in [6.07, 6.45) is 2.23. The van der Waals surface area contributed by atoms with E-state index in [2.05, 4.69) is 9.97 Å². The number of hydrogen-bond donors (Lipinski definition) is 1. The number of hydrogen-bond acceptors (Lipinski definition) is 3. The molecule has 3 rings (SSSR count). The van der Waals surface area contributed by atoms with Crippen LogP contribution in [0, 0.1) is 0 Å². The second-order valence-corrected chi connectivity index (χ2v) is 6.76. The lowest BCUT2D eigenvalue weighted by molar-refractivity contribution is -0.129. The Morgan fingerprint density at radius 1 is 1.45 bits per heavy atom. The van der Waals surface area contributed by atoms with E-state index >= 15 is 0 Å². The van der Waals surface area contributed by atoms with E-state index in [-0.39, 0.29) is 11.2 Å². The van der Waals surface area contributed by atoms with Crippen LogP contribution in [-0.4, -0.2) is 39.1 Å². The maximum Gasteiger partial charge on any atom is 0.235 e. The number of carbonyl (C=O) groups excluding carboxylic acids is 1. The summed E-state index contributed by atoms with van der Waals surface area (Å²) in [4.78, 5) is 21.9. The summed E-state index contributed by atoms with van der Waals surface area (Å²) in [5.41, 5.74) is 1.78. The largest absolute Gasteiger partial charge is 0.342 e. The lowest BCUT2D eigenvalue weighted by Crippen LogP contribution is -2.34. The average Bonchev–Trinajstić information content (AvgIpc) is 3.05. The van der Waals surface area contributed by atoms with Gasteiger partial charge in [0.25, 0.3) is 0 Å². The number of likely N-dealkylation sites (tertiary alicyclic amines) is 1. The van der Waals surface area contributed by atoms with Gasteiger partial charge in [0.2, 0.25) is 5.91 Å². The van der Waals surface area contributed by atoms with Crippen molar-refractivity contribution in [2.45, 2.75) is 30.2 Å². The smallest absolute Gasteiger partial charge is 0.235 e. The highest BCUT2D eigenvalue weighted by atomic mass is 35.5. The van der Waals surface area contributed by atoms with Crippen molar-refractivity contribution in [2.24, 2.45) is 0 Å². The van der Waals surface area contributed by atoms with Crippen LogP contribution in [0.2, 0.25) is 5.02 Å². The lowest BCUT2D eigenvalue weighted by Gasteiger charge is -2.19. The number of halogens is 1. The van der Waals surface area contributed by atoms with Crippen LogP contribution in [-0.2, 0) is 4.79 Å². The van der Waals surface area contributed by atoms with E-state index in [9.17, 15) is 4.79 Å². The zero-order valence-electron chi connectivity index (χ0n) is 11.2. The van der Waals surface area contributed by atoms with E-state index in [1.807, 2.05) is 30.0 Å². The molecule has 1 N–H and O–H groups in total. The number of nitrogens with one attached hydrogen (secondary N) is 1. The van der Waals surface area contributed by atoms with E-state index < -0.39 is 0 Å². The normalized spacial score (nSPS) is 16.8. The monoisotopic (exact) mass is 309 g/mol. The molecule has 1 aromatic carbocycles. The molecule has 1 fully saturated rings. The number of rotatable bonds is 3. The first kappa shape index (κ1) is 13.8. The van der Waals surface area contributed by atoms with Crippen molar-refractivity contribution < 1.29 is 4.79 Å². The molecule has 0 radical (unpaired) electrons. The Morgan fingerprint density at radius 3 is 2.95 bits per heavy atom. The van der Waals surface area contributed by atoms with E-state index in [1.54, 1.807) is 0 Å². The molecule has 20 heavy (non-hydrogen) atoms. The number of amides is 1. The van der Waals surface area contributed by atoms with Gasteiger partial charge in [0.1, 0.15) is 0 Å². The zero-order chi connectivity index (χ0) is 14.1. The molecule has 1 aliphatic rings. The lowest BCUT2D eigenvalue weighted by atomic mass is 10.3. The fraction of sp³-hybridized carbons (Fsp3) is 0.429. The van der Waals surface area contributed by atoms with Gasteiger partial charge in [0.15, 0.2) is 5.16 Å². The van der Waals surface area contributed by atoms with Gasteiger partial charge in [-0.15, -0.1) is 0 Å². The van der Waals surface area contributed by atoms with Crippen molar-refractivity contribution in [3.05, 3.63) is 23.2 Å². The Labute approximate surface area is 126 Å². The van der Waals surface area contributed by atoms with Crippen molar-refractivity contribution >= 4 is 40.3 Å². The van der Waals surface area contributed by atoms with Crippen LogP contribution < -0.4 is 0 Å². The molecule has 0 bridgehead atoms. The average molecular weight is 310 g/mol. The third-order valence-corrected chi connectivity index (χ3v) is 4.68. The molecule has 0 unspecified atom stereocenters. The van der Waals surface area contributed by atoms with Crippen molar-refractivity contribution in [3.63, 3.8) is 0 Å². The van der Waals surface area contributed by atoms with Gasteiger partial charge in [-0.05, 0) is 38.0 Å². The van der Waals surface area contributed by atoms with Crippen LogP contribution in [0.3, 0.4) is 0 Å². The topological polar surface area (TPSA) is 49.0 Å². The van der Waals surface area contributed by atoms with E-state index in [0.717, 1.165) is 42.1 Å². The Balaban J connectivity index is 1.73. The molecule has 6 heteroatoms. The van der Waals surface area contributed by atoms with Crippen molar-refractivity contribution in [1.29, 1.82) is 0 Å². The summed E-state index contributed by atoms with van der Waals surface area (Å²) < 4.78 is 0. The third-order valence-electron chi connectivity index (χ3n) is 3.48. The van der Waals surface area contributed by atoms with Crippen LogP contribution in [0.4, 0.5) is 0 Å². The Kier molecular flexibility index (Phi) is 3.89. The molecular formula is C14H16ClN3OS. The van der Waals surface area contributed by atoms with Gasteiger partial charge in [-0.2, -0.15) is 0 Å². The summed E-state index contributed by atoms with van der Waals surface area (Å²) in [5.74, 6) is 0.200. The summed E-state index contributed by atoms with van der Waals surface area (Å²) >= 11 is 7.42. The maximum atomic E-state index is 12.3. The standard InChI is InChI=1S/C14H16ClN3OS/c1-9(13(19)18-6-2-3-7-18)20-14-16-11-5-4-10(15)8-12(11)17-14/h4-5,8-9H,2-3,6-7H2,1H3,(H,16,17)/t9-/m0/s1. The number of carbonyl (C=O) groups is 1. The second-order valence-electron chi connectivity index (χ2n) is 5.00. The van der Waals surface area contributed by atoms with Crippen LogP contribution in [0.1, 0.15) is 19.8 Å². The molecule has 1 aromatic heterocycles. The molecule has 4 nitrogen and oxygen atoms in total. The quantitative estimate of drug-likeness (QED) is 0.885. The number of aromatic amines is 1. The minimum absolute atomic E-state index is 0.121. The predicted octanol–water partition coefficient (Wildman–Crippen LogP) is 3.32. The van der Waals surface area contributed by atoms with Gasteiger partial charge in [-0.25, -0.2) is 4.98 Å². The van der Waals surface area contributed by atoms with Crippen LogP contribution in [0.25, 0.3) is 11.0 Å². The molecular weight excluding hydrogens is 294 g/mol. The highest BCUT2D eigenvalue weighted by Gasteiger charge is 2.24. The first-order chi connectivity index (χ1) is 9.63. The SMILES string of the molecule is C[C@H](Sc1nc2ccc(Cl)cc2[nH]1)C(=O)N1CCCC1. The molecule has 2 aromatic rings. The number of fused-ring (bicyclic) bond motifs is 1. The Hall–Kier alpha value is -1.20. The number of imidazole rings is 1. The number of H-pyrrole nitrogens is 1. The Bertz CT molecular complexity index is 636. The summed E-state index contributed by atoms with van der Waals surface area (Å²) in [7, 11) is 0. The first-order valence-corrected chi connectivity index (χ1v) is 8.00. The van der Waals surface area contributed by atoms with Crippen molar-refractivity contribution in [3.8, 4) is 0 Å². The molecule has 1 atom stereocenters. The molecule has 1 saturated heterocycles. The summed E-state index contributed by atoms with van der Waals surface area (Å²) in [6, 6.07) is 5.55. The molecule has 0 spiro atoms. The second kappa shape index (κ2) is 5.66. The molecule has 1 aliphatic heterocycles. The zero-order valence-corrected chi connectivity index (χ0v) is 12.8. The van der Waals surface area contributed by atoms with Crippen LogP contribution in [0.5, 0.6) is 0 Å². The third kappa shape index (κ3) is 2.79. The Morgan fingerprint density at radius 2 is 2.20 bits per heavy atom. The van der Waals surface area contributed by atoms with Gasteiger partial charge in [-0.3, -0.25) is 4.79 Å². The van der Waals surface area contributed by atoms with Crippen LogP contribution in [0.15, 0.2) is 23.4 Å². The number of nitrogens with zero attached hydrogens (tertiary/aromatic N) is 2.